The molecule has 104 valence electrons. The van der Waals surface area contributed by atoms with Crippen molar-refractivity contribution < 1.29 is 14.6 Å². The number of β-amino-alcohol motifs (C(OH)–C–C–N with tert-alkyl or cyclic N) is 1. The number of aliphatic hydroxyl groups is 1. The molecule has 1 aliphatic heterocycles. The molecule has 1 aromatic carbocycles. The molecule has 5 heteroatoms. The van der Waals surface area contributed by atoms with Crippen molar-refractivity contribution in [2.24, 2.45) is 0 Å². The van der Waals surface area contributed by atoms with E-state index in [0.717, 1.165) is 12.8 Å². The SMILES string of the molecule is CCCC1(O)CN(C(=O)c2ccc(N)cc2OC)C1. The van der Waals surface area contributed by atoms with E-state index in [0.29, 0.717) is 30.1 Å². The van der Waals surface area contributed by atoms with Crippen LogP contribution in [0.3, 0.4) is 0 Å². The fourth-order valence-corrected chi connectivity index (χ4v) is 2.49. The molecule has 0 aliphatic carbocycles. The normalized spacial score (nSPS) is 16.9. The first kappa shape index (κ1) is 13.7. The maximum Gasteiger partial charge on any atom is 0.257 e. The summed E-state index contributed by atoms with van der Waals surface area (Å²) in [6.07, 6.45) is 1.62. The fraction of sp³-hybridized carbons (Fsp3) is 0.500. The van der Waals surface area contributed by atoms with Crippen molar-refractivity contribution >= 4 is 11.6 Å². The Labute approximate surface area is 113 Å². The monoisotopic (exact) mass is 264 g/mol. The lowest BCUT2D eigenvalue weighted by Crippen LogP contribution is -2.63. The molecule has 3 N–H and O–H groups in total. The third kappa shape index (κ3) is 2.66. The lowest BCUT2D eigenvalue weighted by atomic mass is 9.88. The Balaban J connectivity index is 2.10. The number of carbonyl (C=O) groups is 1. The van der Waals surface area contributed by atoms with E-state index in [1.807, 2.05) is 6.92 Å². The first-order chi connectivity index (χ1) is 8.99. The van der Waals surface area contributed by atoms with Crippen LogP contribution in [0.5, 0.6) is 5.75 Å². The Kier molecular flexibility index (Phi) is 3.66. The molecule has 1 aliphatic rings. The third-order valence-electron chi connectivity index (χ3n) is 3.43. The Morgan fingerprint density at radius 2 is 2.21 bits per heavy atom. The average molecular weight is 264 g/mol. The summed E-state index contributed by atoms with van der Waals surface area (Å²) >= 11 is 0. The molecular formula is C14H20N2O3. The second-order valence-corrected chi connectivity index (χ2v) is 5.10. The van der Waals surface area contributed by atoms with Crippen molar-refractivity contribution in [3.05, 3.63) is 23.8 Å². The molecule has 1 amide bonds. The lowest BCUT2D eigenvalue weighted by molar-refractivity contribution is -0.0860. The predicted octanol–water partition coefficient (Wildman–Crippen LogP) is 1.26. The van der Waals surface area contributed by atoms with Crippen LogP contribution in [0.15, 0.2) is 18.2 Å². The Morgan fingerprint density at radius 1 is 1.53 bits per heavy atom. The van der Waals surface area contributed by atoms with Gasteiger partial charge in [0.15, 0.2) is 0 Å². The van der Waals surface area contributed by atoms with E-state index in [2.05, 4.69) is 0 Å². The van der Waals surface area contributed by atoms with E-state index in [9.17, 15) is 9.90 Å². The molecule has 0 aromatic heterocycles. The summed E-state index contributed by atoms with van der Waals surface area (Å²) in [5.41, 5.74) is 5.98. The summed E-state index contributed by atoms with van der Waals surface area (Å²) in [4.78, 5) is 13.9. The highest BCUT2D eigenvalue weighted by Gasteiger charge is 2.43. The number of carbonyl (C=O) groups excluding carboxylic acids is 1. The maximum absolute atomic E-state index is 12.3. The summed E-state index contributed by atoms with van der Waals surface area (Å²) in [6, 6.07) is 4.97. The highest BCUT2D eigenvalue weighted by atomic mass is 16.5. The van der Waals surface area contributed by atoms with Gasteiger partial charge in [0.2, 0.25) is 0 Å². The highest BCUT2D eigenvalue weighted by Crippen LogP contribution is 2.30. The third-order valence-corrected chi connectivity index (χ3v) is 3.43. The highest BCUT2D eigenvalue weighted by molar-refractivity contribution is 5.98. The number of anilines is 1. The molecule has 19 heavy (non-hydrogen) atoms. The minimum Gasteiger partial charge on any atom is -0.496 e. The van der Waals surface area contributed by atoms with Crippen LogP contribution in [0.25, 0.3) is 0 Å². The van der Waals surface area contributed by atoms with Crippen molar-refractivity contribution in [2.45, 2.75) is 25.4 Å². The minimum absolute atomic E-state index is 0.127. The van der Waals surface area contributed by atoms with E-state index in [1.54, 1.807) is 23.1 Å². The van der Waals surface area contributed by atoms with Gasteiger partial charge < -0.3 is 20.5 Å². The summed E-state index contributed by atoms with van der Waals surface area (Å²) < 4.78 is 5.18. The Morgan fingerprint density at radius 3 is 2.79 bits per heavy atom. The molecule has 1 fully saturated rings. The van der Waals surface area contributed by atoms with Crippen LogP contribution < -0.4 is 10.5 Å². The van der Waals surface area contributed by atoms with Crippen LogP contribution in [-0.4, -0.2) is 41.7 Å². The number of rotatable bonds is 4. The molecule has 5 nitrogen and oxygen atoms in total. The van der Waals surface area contributed by atoms with Gasteiger partial charge in [-0.3, -0.25) is 4.79 Å². The number of nitrogens with two attached hydrogens (primary N) is 1. The van der Waals surface area contributed by atoms with Gasteiger partial charge >= 0.3 is 0 Å². The lowest BCUT2D eigenvalue weighted by Gasteiger charge is -2.46. The molecule has 1 aromatic rings. The summed E-state index contributed by atoms with van der Waals surface area (Å²) in [7, 11) is 1.51. The quantitative estimate of drug-likeness (QED) is 0.803. The molecule has 0 radical (unpaired) electrons. The van der Waals surface area contributed by atoms with Crippen LogP contribution in [0.1, 0.15) is 30.1 Å². The van der Waals surface area contributed by atoms with Crippen LogP contribution in [0.2, 0.25) is 0 Å². The Hall–Kier alpha value is -1.75. The first-order valence-corrected chi connectivity index (χ1v) is 6.44. The van der Waals surface area contributed by atoms with Crippen molar-refractivity contribution in [1.29, 1.82) is 0 Å². The van der Waals surface area contributed by atoms with Crippen molar-refractivity contribution in [2.75, 3.05) is 25.9 Å². The molecule has 0 spiro atoms. The van der Waals surface area contributed by atoms with E-state index in [-0.39, 0.29) is 5.91 Å². The number of hydrogen-bond acceptors (Lipinski definition) is 4. The molecule has 1 heterocycles. The second kappa shape index (κ2) is 5.09. The van der Waals surface area contributed by atoms with Crippen LogP contribution in [0, 0.1) is 0 Å². The first-order valence-electron chi connectivity index (χ1n) is 6.44. The van der Waals surface area contributed by atoms with E-state index in [4.69, 9.17) is 10.5 Å². The standard InChI is InChI=1S/C14H20N2O3/c1-3-6-14(18)8-16(9-14)13(17)11-5-4-10(15)7-12(11)19-2/h4-5,7,18H,3,6,8-9,15H2,1-2H3. The molecular weight excluding hydrogens is 244 g/mol. The zero-order valence-electron chi connectivity index (χ0n) is 11.3. The molecule has 0 atom stereocenters. The van der Waals surface area contributed by atoms with Gasteiger partial charge in [0.1, 0.15) is 5.75 Å². The molecule has 0 unspecified atom stereocenters. The second-order valence-electron chi connectivity index (χ2n) is 5.10. The zero-order valence-corrected chi connectivity index (χ0v) is 11.3. The van der Waals surface area contributed by atoms with Gasteiger partial charge in [0.25, 0.3) is 5.91 Å². The van der Waals surface area contributed by atoms with Gasteiger partial charge in [0.05, 0.1) is 31.4 Å². The maximum atomic E-state index is 12.3. The topological polar surface area (TPSA) is 75.8 Å². The number of hydrogen-bond donors (Lipinski definition) is 2. The van der Waals surface area contributed by atoms with Gasteiger partial charge in [-0.25, -0.2) is 0 Å². The van der Waals surface area contributed by atoms with E-state index in [1.165, 1.54) is 7.11 Å². The summed E-state index contributed by atoms with van der Waals surface area (Å²) in [5.74, 6) is 0.341. The summed E-state index contributed by atoms with van der Waals surface area (Å²) in [5, 5.41) is 10.1. The van der Waals surface area contributed by atoms with Gasteiger partial charge in [-0.1, -0.05) is 13.3 Å². The number of nitrogen functional groups attached to an aromatic ring is 1. The molecule has 0 bridgehead atoms. The van der Waals surface area contributed by atoms with Gasteiger partial charge in [-0.05, 0) is 18.6 Å². The zero-order chi connectivity index (χ0) is 14.0. The Bertz CT molecular complexity index is 482. The number of ether oxygens (including phenoxy) is 1. The van der Waals surface area contributed by atoms with Crippen molar-refractivity contribution in [3.8, 4) is 5.75 Å². The van der Waals surface area contributed by atoms with Crippen LogP contribution in [0.4, 0.5) is 5.69 Å². The fourth-order valence-electron chi connectivity index (χ4n) is 2.49. The number of benzene rings is 1. The molecule has 1 saturated heterocycles. The summed E-state index contributed by atoms with van der Waals surface area (Å²) in [6.45, 7) is 2.78. The number of methoxy groups -OCH3 is 1. The number of nitrogens with zero attached hydrogens (tertiary/aromatic N) is 1. The van der Waals surface area contributed by atoms with Crippen LogP contribution in [-0.2, 0) is 0 Å². The van der Waals surface area contributed by atoms with Crippen molar-refractivity contribution in [3.63, 3.8) is 0 Å². The minimum atomic E-state index is -0.717. The van der Waals surface area contributed by atoms with Crippen molar-refractivity contribution in [1.82, 2.24) is 4.90 Å². The van der Waals surface area contributed by atoms with Gasteiger partial charge in [-0.2, -0.15) is 0 Å². The van der Waals surface area contributed by atoms with E-state index < -0.39 is 5.60 Å². The number of likely N-dealkylation sites (tertiary alicyclic amines) is 1. The average Bonchev–Trinajstić information content (AvgIpc) is 2.35. The number of amides is 1. The van der Waals surface area contributed by atoms with E-state index >= 15 is 0 Å². The molecule has 2 rings (SSSR count). The predicted molar refractivity (Wildman–Crippen MR) is 73.2 cm³/mol. The van der Waals surface area contributed by atoms with Crippen LogP contribution >= 0.6 is 0 Å². The van der Waals surface area contributed by atoms with Gasteiger partial charge in [0, 0.05) is 11.8 Å². The smallest absolute Gasteiger partial charge is 0.257 e. The largest absolute Gasteiger partial charge is 0.496 e. The molecule has 0 saturated carbocycles. The van der Waals surface area contributed by atoms with Gasteiger partial charge in [-0.15, -0.1) is 0 Å².